The van der Waals surface area contributed by atoms with Crippen LogP contribution < -0.4 is 0 Å². The molecule has 1 aliphatic heterocycles. The molecule has 3 aromatic rings. The van der Waals surface area contributed by atoms with E-state index in [0.717, 1.165) is 12.8 Å². The number of pyridine rings is 1. The summed E-state index contributed by atoms with van der Waals surface area (Å²) in [6, 6.07) is 3.23. The molecule has 0 N–H and O–H groups in total. The van der Waals surface area contributed by atoms with Crippen molar-refractivity contribution in [3.8, 4) is 0 Å². The van der Waals surface area contributed by atoms with Crippen molar-refractivity contribution in [2.24, 2.45) is 0 Å². The molecule has 3 aromatic heterocycles. The fraction of sp³-hybridized carbons (Fsp3) is 0.500. The lowest BCUT2D eigenvalue weighted by atomic mass is 9.92. The highest BCUT2D eigenvalue weighted by molar-refractivity contribution is 5.80. The lowest BCUT2D eigenvalue weighted by Crippen LogP contribution is -2.40. The van der Waals surface area contributed by atoms with E-state index in [-0.39, 0.29) is 34.5 Å². The quantitative estimate of drug-likeness (QED) is 0.643. The number of amides is 1. The first kappa shape index (κ1) is 19.5. The number of halogens is 2. The normalized spacial score (nSPS) is 18.5. The summed E-state index contributed by atoms with van der Waals surface area (Å²) in [5.41, 5.74) is 0.953. The number of nitrogens with zero attached hydrogens (tertiary/aromatic N) is 5. The highest BCUT2D eigenvalue weighted by atomic mass is 19.3. The molecular weight excluding hydrogens is 380 g/mol. The molecule has 2 unspecified atom stereocenters. The predicted molar refractivity (Wildman–Crippen MR) is 102 cm³/mol. The van der Waals surface area contributed by atoms with E-state index >= 15 is 0 Å². The van der Waals surface area contributed by atoms with E-state index in [9.17, 15) is 13.6 Å². The van der Waals surface area contributed by atoms with Gasteiger partial charge in [-0.2, -0.15) is 5.10 Å². The molecule has 2 atom stereocenters. The molecule has 0 bridgehead atoms. The van der Waals surface area contributed by atoms with Gasteiger partial charge < -0.3 is 9.42 Å². The molecule has 29 heavy (non-hydrogen) atoms. The molecule has 0 aliphatic carbocycles. The SMILES string of the molecule is Cc1noc2nc(C3CCCN(C(=O)CC(C)n4cccn4)C3)cc(C(F)F)c12. The molecule has 1 amide bonds. The number of aryl methyl sites for hydroxylation is 1. The molecule has 4 heterocycles. The standard InChI is InChI=1S/C20H23F2N5O2/c1-12(27-8-4-6-23-27)9-17(28)26-7-3-5-14(11-26)16-10-15(19(21)22)18-13(2)25-29-20(18)24-16/h4,6,8,10,12,14,19H,3,5,7,9,11H2,1-2H3. The third kappa shape index (κ3) is 3.86. The lowest BCUT2D eigenvalue weighted by Gasteiger charge is -2.33. The zero-order valence-electron chi connectivity index (χ0n) is 16.4. The van der Waals surface area contributed by atoms with Gasteiger partial charge in [0.1, 0.15) is 0 Å². The van der Waals surface area contributed by atoms with Crippen molar-refractivity contribution in [1.29, 1.82) is 0 Å². The summed E-state index contributed by atoms with van der Waals surface area (Å²) < 4.78 is 34.1. The van der Waals surface area contributed by atoms with Crippen molar-refractivity contribution in [2.75, 3.05) is 13.1 Å². The number of fused-ring (bicyclic) bond motifs is 1. The summed E-state index contributed by atoms with van der Waals surface area (Å²) >= 11 is 0. The van der Waals surface area contributed by atoms with Gasteiger partial charge in [-0.3, -0.25) is 9.48 Å². The molecule has 0 spiro atoms. The van der Waals surface area contributed by atoms with Crippen molar-refractivity contribution in [1.82, 2.24) is 24.8 Å². The Morgan fingerprint density at radius 3 is 2.97 bits per heavy atom. The molecule has 0 aromatic carbocycles. The van der Waals surface area contributed by atoms with Gasteiger partial charge in [0.25, 0.3) is 12.1 Å². The minimum Gasteiger partial charge on any atom is -0.342 e. The van der Waals surface area contributed by atoms with Gasteiger partial charge in [-0.25, -0.2) is 13.8 Å². The molecule has 154 valence electrons. The van der Waals surface area contributed by atoms with E-state index < -0.39 is 6.43 Å². The Bertz CT molecular complexity index is 1000. The first-order chi connectivity index (χ1) is 13.9. The average Bonchev–Trinajstić information content (AvgIpc) is 3.38. The van der Waals surface area contributed by atoms with Crippen molar-refractivity contribution < 1.29 is 18.1 Å². The highest BCUT2D eigenvalue weighted by Crippen LogP contribution is 2.34. The predicted octanol–water partition coefficient (Wildman–Crippen LogP) is 4.02. The first-order valence-corrected chi connectivity index (χ1v) is 9.76. The third-order valence-corrected chi connectivity index (χ3v) is 5.54. The zero-order chi connectivity index (χ0) is 20.5. The Morgan fingerprint density at radius 2 is 2.24 bits per heavy atom. The van der Waals surface area contributed by atoms with Crippen LogP contribution >= 0.6 is 0 Å². The largest absolute Gasteiger partial charge is 0.342 e. The second-order valence-electron chi connectivity index (χ2n) is 7.60. The summed E-state index contributed by atoms with van der Waals surface area (Å²) in [5.74, 6) is -0.0802. The molecule has 9 heteroatoms. The number of hydrogen-bond donors (Lipinski definition) is 0. The van der Waals surface area contributed by atoms with Crippen LogP contribution in [0.5, 0.6) is 0 Å². The lowest BCUT2D eigenvalue weighted by molar-refractivity contribution is -0.133. The second-order valence-corrected chi connectivity index (χ2v) is 7.60. The fourth-order valence-electron chi connectivity index (χ4n) is 3.99. The number of aromatic nitrogens is 4. The molecule has 1 fully saturated rings. The monoisotopic (exact) mass is 403 g/mol. The molecule has 0 radical (unpaired) electrons. The van der Waals surface area contributed by atoms with Crippen LogP contribution in [0.3, 0.4) is 0 Å². The van der Waals surface area contributed by atoms with Crippen LogP contribution in [0, 0.1) is 6.92 Å². The number of carbonyl (C=O) groups excluding carboxylic acids is 1. The molecular formula is C20H23F2N5O2. The van der Waals surface area contributed by atoms with E-state index in [0.29, 0.717) is 30.9 Å². The first-order valence-electron chi connectivity index (χ1n) is 9.76. The Labute approximate surface area is 166 Å². The maximum Gasteiger partial charge on any atom is 0.264 e. The summed E-state index contributed by atoms with van der Waals surface area (Å²) in [4.78, 5) is 19.0. The number of rotatable bonds is 5. The summed E-state index contributed by atoms with van der Waals surface area (Å²) in [6.07, 6.45) is 2.80. The van der Waals surface area contributed by atoms with Gasteiger partial charge in [-0.1, -0.05) is 5.16 Å². The Hall–Kier alpha value is -2.84. The van der Waals surface area contributed by atoms with Gasteiger partial charge in [0, 0.05) is 49.1 Å². The van der Waals surface area contributed by atoms with Crippen LogP contribution in [0.4, 0.5) is 8.78 Å². The van der Waals surface area contributed by atoms with Crippen molar-refractivity contribution in [3.05, 3.63) is 41.5 Å². The second kappa shape index (κ2) is 7.88. The van der Waals surface area contributed by atoms with Crippen LogP contribution in [-0.4, -0.2) is 43.8 Å². The number of carbonyl (C=O) groups is 1. The minimum atomic E-state index is -2.64. The van der Waals surface area contributed by atoms with Gasteiger partial charge in [0.05, 0.1) is 17.1 Å². The number of alkyl halides is 2. The summed E-state index contributed by atoms with van der Waals surface area (Å²) in [5, 5.41) is 8.24. The number of piperidine rings is 1. The van der Waals surface area contributed by atoms with Gasteiger partial charge in [0.2, 0.25) is 5.91 Å². The molecule has 1 saturated heterocycles. The maximum atomic E-state index is 13.6. The van der Waals surface area contributed by atoms with Crippen molar-refractivity contribution in [3.63, 3.8) is 0 Å². The number of likely N-dealkylation sites (tertiary alicyclic amines) is 1. The number of hydrogen-bond acceptors (Lipinski definition) is 5. The average molecular weight is 403 g/mol. The molecule has 1 aliphatic rings. The van der Waals surface area contributed by atoms with Gasteiger partial charge in [0.15, 0.2) is 0 Å². The van der Waals surface area contributed by atoms with E-state index in [2.05, 4.69) is 15.2 Å². The smallest absolute Gasteiger partial charge is 0.264 e. The van der Waals surface area contributed by atoms with Crippen LogP contribution in [-0.2, 0) is 4.79 Å². The zero-order valence-corrected chi connectivity index (χ0v) is 16.4. The van der Waals surface area contributed by atoms with E-state index in [4.69, 9.17) is 4.52 Å². The van der Waals surface area contributed by atoms with E-state index in [1.54, 1.807) is 22.7 Å². The third-order valence-electron chi connectivity index (χ3n) is 5.54. The Morgan fingerprint density at radius 1 is 1.41 bits per heavy atom. The molecule has 7 nitrogen and oxygen atoms in total. The van der Waals surface area contributed by atoms with Crippen LogP contribution in [0.15, 0.2) is 29.0 Å². The van der Waals surface area contributed by atoms with Gasteiger partial charge in [-0.05, 0) is 38.8 Å². The van der Waals surface area contributed by atoms with E-state index in [1.807, 2.05) is 19.2 Å². The Balaban J connectivity index is 1.53. The van der Waals surface area contributed by atoms with Crippen molar-refractivity contribution >= 4 is 17.0 Å². The summed E-state index contributed by atoms with van der Waals surface area (Å²) in [7, 11) is 0. The maximum absolute atomic E-state index is 13.6. The van der Waals surface area contributed by atoms with Gasteiger partial charge in [-0.15, -0.1) is 0 Å². The van der Waals surface area contributed by atoms with Crippen LogP contribution in [0.2, 0.25) is 0 Å². The van der Waals surface area contributed by atoms with E-state index in [1.165, 1.54) is 6.07 Å². The highest BCUT2D eigenvalue weighted by Gasteiger charge is 2.29. The fourth-order valence-corrected chi connectivity index (χ4v) is 3.99. The van der Waals surface area contributed by atoms with Crippen LogP contribution in [0.1, 0.15) is 61.5 Å². The Kier molecular flexibility index (Phi) is 5.29. The van der Waals surface area contributed by atoms with Crippen molar-refractivity contribution in [2.45, 2.75) is 51.5 Å². The minimum absolute atomic E-state index is 0.0309. The topological polar surface area (TPSA) is 77.0 Å². The molecule has 4 rings (SSSR count). The van der Waals surface area contributed by atoms with Crippen LogP contribution in [0.25, 0.3) is 11.1 Å². The summed E-state index contributed by atoms with van der Waals surface area (Å²) in [6.45, 7) is 4.69. The molecule has 0 saturated carbocycles. The van der Waals surface area contributed by atoms with Gasteiger partial charge >= 0.3 is 0 Å².